The molecule has 0 unspecified atom stereocenters. The zero-order chi connectivity index (χ0) is 20.4. The Balaban J connectivity index is 1.33. The number of carbonyl (C=O) groups excluding carboxylic acids is 1. The van der Waals surface area contributed by atoms with Crippen molar-refractivity contribution in [3.8, 4) is 6.07 Å². The van der Waals surface area contributed by atoms with Crippen LogP contribution in [-0.4, -0.2) is 24.0 Å². The fourth-order valence-electron chi connectivity index (χ4n) is 3.59. The van der Waals surface area contributed by atoms with Crippen LogP contribution in [0.25, 0.3) is 11.1 Å². The van der Waals surface area contributed by atoms with Crippen LogP contribution in [0.5, 0.6) is 0 Å². The van der Waals surface area contributed by atoms with Crippen LogP contribution in [0.2, 0.25) is 0 Å². The molecule has 4 rings (SSSR count). The molecule has 2 aromatic carbocycles. The molecule has 0 spiro atoms. The molecule has 0 saturated carbocycles. The number of carbonyl (C=O) groups is 1. The van der Waals surface area contributed by atoms with E-state index in [9.17, 15) is 18.8 Å². The summed E-state index contributed by atoms with van der Waals surface area (Å²) in [6.07, 6.45) is 1.24. The largest absolute Gasteiger partial charge is 0.439 e. The van der Waals surface area contributed by atoms with Crippen molar-refractivity contribution in [1.82, 2.24) is 10.3 Å². The molecule has 1 aliphatic heterocycles. The van der Waals surface area contributed by atoms with Gasteiger partial charge in [0.05, 0.1) is 17.8 Å². The van der Waals surface area contributed by atoms with Crippen LogP contribution in [0.4, 0.5) is 14.5 Å². The first-order chi connectivity index (χ1) is 14.0. The predicted octanol–water partition coefficient (Wildman–Crippen LogP) is 3.51. The minimum atomic E-state index is -0.443. The number of fused-ring (bicyclic) bond motifs is 1. The molecule has 0 atom stereocenters. The smallest absolute Gasteiger partial charge is 0.223 e. The van der Waals surface area contributed by atoms with Crippen molar-refractivity contribution >= 4 is 22.7 Å². The summed E-state index contributed by atoms with van der Waals surface area (Å²) >= 11 is 0. The fourth-order valence-corrected chi connectivity index (χ4v) is 3.59. The van der Waals surface area contributed by atoms with Gasteiger partial charge in [-0.3, -0.25) is 4.79 Å². The number of halogens is 2. The van der Waals surface area contributed by atoms with E-state index >= 15 is 0 Å². The SMILES string of the molecule is N#Cc1cc(F)ccc1N1CCC(C(=O)NCc2nc3cc(F)ccc3o2)CC1. The third kappa shape index (κ3) is 4.04. The molecule has 1 aliphatic rings. The maximum absolute atomic E-state index is 13.3. The Kier molecular flexibility index (Phi) is 5.12. The molecule has 1 fully saturated rings. The zero-order valence-electron chi connectivity index (χ0n) is 15.5. The lowest BCUT2D eigenvalue weighted by atomic mass is 9.95. The van der Waals surface area contributed by atoms with Gasteiger partial charge in [0.2, 0.25) is 11.8 Å². The van der Waals surface area contributed by atoms with E-state index in [1.54, 1.807) is 6.07 Å². The van der Waals surface area contributed by atoms with E-state index in [4.69, 9.17) is 4.42 Å². The van der Waals surface area contributed by atoms with Gasteiger partial charge < -0.3 is 14.6 Å². The Morgan fingerprint density at radius 2 is 1.93 bits per heavy atom. The summed E-state index contributed by atoms with van der Waals surface area (Å²) in [6, 6.07) is 10.3. The Morgan fingerprint density at radius 1 is 1.21 bits per heavy atom. The van der Waals surface area contributed by atoms with E-state index in [2.05, 4.69) is 10.3 Å². The molecule has 1 aromatic heterocycles. The molecule has 8 heteroatoms. The van der Waals surface area contributed by atoms with Crippen LogP contribution in [0.15, 0.2) is 40.8 Å². The summed E-state index contributed by atoms with van der Waals surface area (Å²) in [4.78, 5) is 18.7. The summed E-state index contributed by atoms with van der Waals surface area (Å²) in [7, 11) is 0. The molecule has 1 N–H and O–H groups in total. The van der Waals surface area contributed by atoms with Crippen LogP contribution in [0.3, 0.4) is 0 Å². The highest BCUT2D eigenvalue weighted by Gasteiger charge is 2.26. The number of rotatable bonds is 4. The van der Waals surface area contributed by atoms with Crippen molar-refractivity contribution in [3.63, 3.8) is 0 Å². The normalized spacial score (nSPS) is 14.7. The highest BCUT2D eigenvalue weighted by Crippen LogP contribution is 2.27. The minimum Gasteiger partial charge on any atom is -0.439 e. The molecule has 0 radical (unpaired) electrons. The lowest BCUT2D eigenvalue weighted by Crippen LogP contribution is -2.40. The van der Waals surface area contributed by atoms with Gasteiger partial charge in [-0.15, -0.1) is 0 Å². The molecular weight excluding hydrogens is 378 g/mol. The average Bonchev–Trinajstić information content (AvgIpc) is 3.14. The van der Waals surface area contributed by atoms with Crippen LogP contribution in [0.1, 0.15) is 24.3 Å². The molecule has 148 valence electrons. The molecule has 1 saturated heterocycles. The number of hydrogen-bond donors (Lipinski definition) is 1. The third-order valence-corrected chi connectivity index (χ3v) is 5.09. The second kappa shape index (κ2) is 7.87. The van der Waals surface area contributed by atoms with Crippen LogP contribution < -0.4 is 10.2 Å². The number of nitrogens with one attached hydrogen (secondary N) is 1. The van der Waals surface area contributed by atoms with Crippen LogP contribution >= 0.6 is 0 Å². The summed E-state index contributed by atoms with van der Waals surface area (Å²) in [5.41, 5.74) is 1.86. The highest BCUT2D eigenvalue weighted by atomic mass is 19.1. The van der Waals surface area contributed by atoms with Crippen molar-refractivity contribution in [2.75, 3.05) is 18.0 Å². The van der Waals surface area contributed by atoms with Gasteiger partial charge in [-0.05, 0) is 43.2 Å². The first-order valence-electron chi connectivity index (χ1n) is 9.31. The number of amides is 1. The molecule has 2 heterocycles. The minimum absolute atomic E-state index is 0.0994. The second-order valence-corrected chi connectivity index (χ2v) is 6.97. The van der Waals surface area contributed by atoms with E-state index in [0.717, 1.165) is 0 Å². The van der Waals surface area contributed by atoms with Crippen molar-refractivity contribution in [2.24, 2.45) is 5.92 Å². The molecule has 0 aliphatic carbocycles. The molecule has 1 amide bonds. The Labute approximate surface area is 165 Å². The number of nitrogens with zero attached hydrogens (tertiary/aromatic N) is 3. The topological polar surface area (TPSA) is 82.2 Å². The third-order valence-electron chi connectivity index (χ3n) is 5.09. The first kappa shape index (κ1) is 18.9. The molecule has 0 bridgehead atoms. The Bertz CT molecular complexity index is 1100. The summed E-state index contributed by atoms with van der Waals surface area (Å²) in [6.45, 7) is 1.33. The van der Waals surface area contributed by atoms with Crippen molar-refractivity contribution in [1.29, 1.82) is 5.26 Å². The molecule has 6 nitrogen and oxygen atoms in total. The number of benzene rings is 2. The number of nitriles is 1. The van der Waals surface area contributed by atoms with Crippen molar-refractivity contribution < 1.29 is 18.0 Å². The van der Waals surface area contributed by atoms with Gasteiger partial charge in [-0.1, -0.05) is 0 Å². The summed E-state index contributed by atoms with van der Waals surface area (Å²) in [5, 5.41) is 12.0. The van der Waals surface area contributed by atoms with Crippen molar-refractivity contribution in [3.05, 3.63) is 59.5 Å². The van der Waals surface area contributed by atoms with Gasteiger partial charge in [-0.25, -0.2) is 13.8 Å². The summed E-state index contributed by atoms with van der Waals surface area (Å²) in [5.74, 6) is -0.784. The summed E-state index contributed by atoms with van der Waals surface area (Å²) < 4.78 is 32.1. The predicted molar refractivity (Wildman–Crippen MR) is 102 cm³/mol. The Morgan fingerprint density at radius 3 is 2.69 bits per heavy atom. The van der Waals surface area contributed by atoms with E-state index in [1.807, 2.05) is 11.0 Å². The van der Waals surface area contributed by atoms with Crippen molar-refractivity contribution in [2.45, 2.75) is 19.4 Å². The van der Waals surface area contributed by atoms with Gasteiger partial charge >= 0.3 is 0 Å². The average molecular weight is 396 g/mol. The number of piperidine rings is 1. The molecule has 3 aromatic rings. The maximum Gasteiger partial charge on any atom is 0.223 e. The second-order valence-electron chi connectivity index (χ2n) is 6.97. The van der Waals surface area contributed by atoms with E-state index in [1.165, 1.54) is 30.3 Å². The number of hydrogen-bond acceptors (Lipinski definition) is 5. The van der Waals surface area contributed by atoms with Crippen LogP contribution in [0, 0.1) is 28.9 Å². The standard InChI is InChI=1S/C21H18F2N4O2/c22-15-1-3-18(14(9-15)11-24)27-7-5-13(6-8-27)21(28)25-12-20-26-17-10-16(23)2-4-19(17)29-20/h1-4,9-10,13H,5-8,12H2,(H,25,28). The highest BCUT2D eigenvalue weighted by molar-refractivity contribution is 5.79. The first-order valence-corrected chi connectivity index (χ1v) is 9.31. The van der Waals surface area contributed by atoms with E-state index < -0.39 is 11.6 Å². The van der Waals surface area contributed by atoms with Crippen LogP contribution in [-0.2, 0) is 11.3 Å². The lowest BCUT2D eigenvalue weighted by molar-refractivity contribution is -0.125. The van der Waals surface area contributed by atoms with Gasteiger partial charge in [0.1, 0.15) is 23.2 Å². The van der Waals surface area contributed by atoms with E-state index in [0.29, 0.717) is 54.2 Å². The number of anilines is 1. The monoisotopic (exact) mass is 396 g/mol. The van der Waals surface area contributed by atoms with Gasteiger partial charge in [0, 0.05) is 25.1 Å². The molecule has 29 heavy (non-hydrogen) atoms. The number of aromatic nitrogens is 1. The lowest BCUT2D eigenvalue weighted by Gasteiger charge is -2.33. The van der Waals surface area contributed by atoms with E-state index in [-0.39, 0.29) is 18.4 Å². The fraction of sp³-hybridized carbons (Fsp3) is 0.286. The maximum atomic E-state index is 13.3. The van der Waals surface area contributed by atoms with Gasteiger partial charge in [0.15, 0.2) is 5.58 Å². The number of oxazole rings is 1. The van der Waals surface area contributed by atoms with Gasteiger partial charge in [-0.2, -0.15) is 5.26 Å². The zero-order valence-corrected chi connectivity index (χ0v) is 15.5. The quantitative estimate of drug-likeness (QED) is 0.730. The molecular formula is C21H18F2N4O2. The van der Waals surface area contributed by atoms with Gasteiger partial charge in [0.25, 0.3) is 0 Å². The Hall–Kier alpha value is -3.47.